The van der Waals surface area contributed by atoms with E-state index in [0.717, 1.165) is 29.9 Å². The lowest BCUT2D eigenvalue weighted by molar-refractivity contribution is 0.169. The number of aryl methyl sites for hydroxylation is 1. The molecule has 4 heteroatoms. The molecule has 0 radical (unpaired) electrons. The molecule has 0 saturated carbocycles. The molecule has 0 aliphatic carbocycles. The van der Waals surface area contributed by atoms with E-state index >= 15 is 0 Å². The van der Waals surface area contributed by atoms with Gasteiger partial charge in [-0.3, -0.25) is 0 Å². The molecule has 1 aromatic carbocycles. The van der Waals surface area contributed by atoms with E-state index < -0.39 is 0 Å². The molecule has 1 aliphatic rings. The number of hydrogen-bond acceptors (Lipinski definition) is 4. The summed E-state index contributed by atoms with van der Waals surface area (Å²) in [5.74, 6) is 1.64. The zero-order valence-electron chi connectivity index (χ0n) is 10.7. The summed E-state index contributed by atoms with van der Waals surface area (Å²) in [6.45, 7) is 1.21. The van der Waals surface area contributed by atoms with Crippen LogP contribution in [-0.2, 0) is 6.42 Å². The van der Waals surface area contributed by atoms with Crippen LogP contribution in [0.1, 0.15) is 22.9 Å². The van der Waals surface area contributed by atoms with Gasteiger partial charge in [0, 0.05) is 16.5 Å². The van der Waals surface area contributed by atoms with Gasteiger partial charge in [0.15, 0.2) is 11.5 Å². The maximum Gasteiger partial charge on any atom is 0.166 e. The molecule has 2 N–H and O–H groups in total. The Labute approximate surface area is 117 Å². The summed E-state index contributed by atoms with van der Waals surface area (Å²) >= 11 is 1.78. The summed E-state index contributed by atoms with van der Waals surface area (Å²) in [5, 5.41) is 2.10. The maximum atomic E-state index is 6.30. The molecule has 19 heavy (non-hydrogen) atoms. The molecule has 1 unspecified atom stereocenters. The third kappa shape index (κ3) is 2.74. The van der Waals surface area contributed by atoms with Gasteiger partial charge in [-0.05, 0) is 30.4 Å². The Hall–Kier alpha value is -1.52. The minimum Gasteiger partial charge on any atom is -0.486 e. The predicted octanol–water partition coefficient (Wildman–Crippen LogP) is 3.15. The van der Waals surface area contributed by atoms with Crippen molar-refractivity contribution in [3.8, 4) is 11.5 Å². The van der Waals surface area contributed by atoms with Crippen molar-refractivity contribution in [3.05, 3.63) is 46.2 Å². The zero-order valence-corrected chi connectivity index (χ0v) is 11.5. The van der Waals surface area contributed by atoms with Crippen molar-refractivity contribution in [2.75, 3.05) is 13.2 Å². The monoisotopic (exact) mass is 275 g/mol. The van der Waals surface area contributed by atoms with Gasteiger partial charge in [0.2, 0.25) is 0 Å². The summed E-state index contributed by atoms with van der Waals surface area (Å²) in [4.78, 5) is 1.37. The van der Waals surface area contributed by atoms with Crippen molar-refractivity contribution in [2.45, 2.75) is 18.9 Å². The van der Waals surface area contributed by atoms with Gasteiger partial charge in [-0.2, -0.15) is 0 Å². The van der Waals surface area contributed by atoms with E-state index in [1.54, 1.807) is 11.3 Å². The van der Waals surface area contributed by atoms with Crippen molar-refractivity contribution in [3.63, 3.8) is 0 Å². The van der Waals surface area contributed by atoms with Crippen LogP contribution in [0.2, 0.25) is 0 Å². The molecule has 2 aromatic rings. The molecule has 3 nitrogen and oxygen atoms in total. The fraction of sp³-hybridized carbons (Fsp3) is 0.333. The number of nitrogens with two attached hydrogens (primary N) is 1. The van der Waals surface area contributed by atoms with E-state index in [2.05, 4.69) is 17.5 Å². The summed E-state index contributed by atoms with van der Waals surface area (Å²) in [6, 6.07) is 10.2. The van der Waals surface area contributed by atoms with Crippen LogP contribution in [0.25, 0.3) is 0 Å². The number of benzene rings is 1. The first kappa shape index (κ1) is 12.5. The minimum atomic E-state index is -0.0150. The van der Waals surface area contributed by atoms with Crippen molar-refractivity contribution in [2.24, 2.45) is 5.73 Å². The zero-order chi connectivity index (χ0) is 13.1. The van der Waals surface area contributed by atoms with E-state index in [9.17, 15) is 0 Å². The summed E-state index contributed by atoms with van der Waals surface area (Å²) in [6.07, 6.45) is 1.92. The fourth-order valence-electron chi connectivity index (χ4n) is 2.30. The molecule has 1 aliphatic heterocycles. The van der Waals surface area contributed by atoms with Crippen molar-refractivity contribution in [1.82, 2.24) is 0 Å². The molecule has 0 bridgehead atoms. The average molecular weight is 275 g/mol. The average Bonchev–Trinajstić information content (AvgIpc) is 2.97. The van der Waals surface area contributed by atoms with E-state index in [0.29, 0.717) is 13.2 Å². The molecule has 1 aromatic heterocycles. The molecule has 0 amide bonds. The Morgan fingerprint density at radius 3 is 2.89 bits per heavy atom. The van der Waals surface area contributed by atoms with Crippen LogP contribution in [-0.4, -0.2) is 13.2 Å². The second-order valence-electron chi connectivity index (χ2n) is 4.60. The molecule has 3 rings (SSSR count). The highest BCUT2D eigenvalue weighted by molar-refractivity contribution is 7.09. The van der Waals surface area contributed by atoms with Crippen LogP contribution >= 0.6 is 11.3 Å². The first-order valence-electron chi connectivity index (χ1n) is 6.51. The van der Waals surface area contributed by atoms with Gasteiger partial charge in [-0.25, -0.2) is 0 Å². The predicted molar refractivity (Wildman–Crippen MR) is 77.0 cm³/mol. The number of para-hydroxylation sites is 1. The molecular weight excluding hydrogens is 258 g/mol. The summed E-state index contributed by atoms with van der Waals surface area (Å²) in [7, 11) is 0. The lowest BCUT2D eigenvalue weighted by Gasteiger charge is -2.23. The minimum absolute atomic E-state index is 0.0150. The van der Waals surface area contributed by atoms with Gasteiger partial charge in [0.05, 0.1) is 0 Å². The largest absolute Gasteiger partial charge is 0.486 e. The highest BCUT2D eigenvalue weighted by atomic mass is 32.1. The van der Waals surface area contributed by atoms with Crippen molar-refractivity contribution < 1.29 is 9.47 Å². The highest BCUT2D eigenvalue weighted by Crippen LogP contribution is 2.37. The van der Waals surface area contributed by atoms with Crippen LogP contribution in [0.4, 0.5) is 0 Å². The lowest BCUT2D eigenvalue weighted by atomic mass is 10.0. The van der Waals surface area contributed by atoms with Crippen LogP contribution in [0.5, 0.6) is 11.5 Å². The normalized spacial score (nSPS) is 15.2. The first-order valence-corrected chi connectivity index (χ1v) is 7.39. The van der Waals surface area contributed by atoms with Crippen molar-refractivity contribution >= 4 is 11.3 Å². The molecule has 0 saturated heterocycles. The molecule has 100 valence electrons. The van der Waals surface area contributed by atoms with Gasteiger partial charge in [0.25, 0.3) is 0 Å². The van der Waals surface area contributed by atoms with Crippen LogP contribution in [0.15, 0.2) is 35.7 Å². The second kappa shape index (κ2) is 5.63. The number of thiophene rings is 1. The Bertz CT molecular complexity index is 539. The molecule has 0 spiro atoms. The van der Waals surface area contributed by atoms with E-state index in [4.69, 9.17) is 15.2 Å². The molecule has 2 heterocycles. The Kier molecular flexibility index (Phi) is 3.71. The SMILES string of the molecule is NC(CCc1cccs1)c1cccc2c1OCCO2. The van der Waals surface area contributed by atoms with Gasteiger partial charge >= 0.3 is 0 Å². The standard InChI is InChI=1S/C15H17NO2S/c16-13(7-6-11-3-2-10-19-11)12-4-1-5-14-15(12)18-9-8-17-14/h1-5,10,13H,6-9,16H2. The second-order valence-corrected chi connectivity index (χ2v) is 5.63. The van der Waals surface area contributed by atoms with Gasteiger partial charge in [-0.1, -0.05) is 18.2 Å². The Morgan fingerprint density at radius 1 is 1.16 bits per heavy atom. The third-order valence-electron chi connectivity index (χ3n) is 3.28. The molecular formula is C15H17NO2S. The summed E-state index contributed by atoms with van der Waals surface area (Å²) in [5.41, 5.74) is 7.35. The Balaban J connectivity index is 1.74. The maximum absolute atomic E-state index is 6.30. The third-order valence-corrected chi connectivity index (χ3v) is 4.21. The number of hydrogen-bond donors (Lipinski definition) is 1. The number of ether oxygens (including phenoxy) is 2. The first-order chi connectivity index (χ1) is 9.34. The number of fused-ring (bicyclic) bond motifs is 1. The van der Waals surface area contributed by atoms with E-state index in [1.165, 1.54) is 4.88 Å². The quantitative estimate of drug-likeness (QED) is 0.932. The van der Waals surface area contributed by atoms with E-state index in [-0.39, 0.29) is 6.04 Å². The Morgan fingerprint density at radius 2 is 2.05 bits per heavy atom. The lowest BCUT2D eigenvalue weighted by Crippen LogP contribution is -2.19. The van der Waals surface area contributed by atoms with Gasteiger partial charge < -0.3 is 15.2 Å². The van der Waals surface area contributed by atoms with Crippen LogP contribution in [0, 0.1) is 0 Å². The van der Waals surface area contributed by atoms with Crippen molar-refractivity contribution in [1.29, 1.82) is 0 Å². The van der Waals surface area contributed by atoms with Gasteiger partial charge in [0.1, 0.15) is 13.2 Å². The van der Waals surface area contributed by atoms with Crippen LogP contribution in [0.3, 0.4) is 0 Å². The van der Waals surface area contributed by atoms with Crippen LogP contribution < -0.4 is 15.2 Å². The molecule has 1 atom stereocenters. The van der Waals surface area contributed by atoms with Gasteiger partial charge in [-0.15, -0.1) is 11.3 Å². The number of rotatable bonds is 4. The fourth-order valence-corrected chi connectivity index (χ4v) is 3.02. The highest BCUT2D eigenvalue weighted by Gasteiger charge is 2.19. The molecule has 0 fully saturated rings. The smallest absolute Gasteiger partial charge is 0.166 e. The topological polar surface area (TPSA) is 44.5 Å². The summed E-state index contributed by atoms with van der Waals surface area (Å²) < 4.78 is 11.3. The van der Waals surface area contributed by atoms with E-state index in [1.807, 2.05) is 18.2 Å².